The predicted octanol–water partition coefficient (Wildman–Crippen LogP) is 8.86. The second-order valence-corrected chi connectivity index (χ2v) is 18.9. The third-order valence-corrected chi connectivity index (χ3v) is 13.3. The van der Waals surface area contributed by atoms with Gasteiger partial charge in [0, 0.05) is 39.0 Å². The van der Waals surface area contributed by atoms with Crippen LogP contribution in [-0.4, -0.2) is 52.2 Å². The van der Waals surface area contributed by atoms with Crippen LogP contribution in [0.3, 0.4) is 0 Å². The van der Waals surface area contributed by atoms with Crippen LogP contribution in [0.2, 0.25) is 0 Å². The van der Waals surface area contributed by atoms with E-state index in [0.717, 1.165) is 72.2 Å². The molecule has 0 aliphatic heterocycles. The standard InChI is InChI=1S/2C28H27F3N6O/c2*29-22-13-20(14-23(30)25(22)31)17-32-26(21-11-12-21)27-34-35-36-37(27)24(15-18-7-3-1-4-8-18)28(38)33-16-19-9-5-2-6-10-19/h2*1-10,13-14,21,24,26,32H,11-12,15-17H2,(H,33,38)/t2*24-,26-/m10/s1. The van der Waals surface area contributed by atoms with Crippen molar-refractivity contribution in [1.29, 1.82) is 0 Å². The van der Waals surface area contributed by atoms with Crippen LogP contribution in [0, 0.1) is 46.7 Å². The maximum absolute atomic E-state index is 13.7. The van der Waals surface area contributed by atoms with Gasteiger partial charge in [-0.2, -0.15) is 0 Å². The lowest BCUT2D eigenvalue weighted by Crippen LogP contribution is -2.36. The molecular weight excluding hydrogens is 987 g/mol. The van der Waals surface area contributed by atoms with Gasteiger partial charge in [-0.25, -0.2) is 35.7 Å². The number of benzene rings is 6. The highest BCUT2D eigenvalue weighted by molar-refractivity contribution is 5.81. The third kappa shape index (κ3) is 13.8. The number of aromatic nitrogens is 8. The maximum Gasteiger partial charge on any atom is 0.245 e. The van der Waals surface area contributed by atoms with E-state index in [1.54, 1.807) is 0 Å². The van der Waals surface area contributed by atoms with Crippen LogP contribution >= 0.6 is 0 Å². The third-order valence-electron chi connectivity index (χ3n) is 13.3. The van der Waals surface area contributed by atoms with E-state index in [4.69, 9.17) is 0 Å². The van der Waals surface area contributed by atoms with Crippen LogP contribution in [0.4, 0.5) is 26.3 Å². The van der Waals surface area contributed by atoms with Crippen molar-refractivity contribution in [2.24, 2.45) is 11.8 Å². The van der Waals surface area contributed by atoms with Gasteiger partial charge >= 0.3 is 0 Å². The van der Waals surface area contributed by atoms with Crippen molar-refractivity contribution in [3.63, 3.8) is 0 Å². The molecule has 2 aliphatic carbocycles. The van der Waals surface area contributed by atoms with E-state index in [1.807, 2.05) is 121 Å². The summed E-state index contributed by atoms with van der Waals surface area (Å²) in [7, 11) is 0. The molecule has 0 saturated heterocycles. The lowest BCUT2D eigenvalue weighted by atomic mass is 10.0. The Morgan fingerprint density at radius 2 is 0.763 bits per heavy atom. The molecule has 0 radical (unpaired) electrons. The zero-order chi connectivity index (χ0) is 53.0. The number of rotatable bonds is 22. The number of amides is 2. The smallest absolute Gasteiger partial charge is 0.245 e. The fourth-order valence-corrected chi connectivity index (χ4v) is 8.99. The molecule has 10 rings (SSSR count). The van der Waals surface area contributed by atoms with Crippen LogP contribution in [0.1, 0.15) is 94.9 Å². The normalized spacial score (nSPS) is 14.7. The number of nitrogens with one attached hydrogen (secondary N) is 4. The van der Waals surface area contributed by atoms with Gasteiger partial charge in [-0.1, -0.05) is 121 Å². The molecule has 2 amide bonds. The van der Waals surface area contributed by atoms with Crippen molar-refractivity contribution in [2.45, 2.75) is 88.9 Å². The van der Waals surface area contributed by atoms with E-state index in [9.17, 15) is 35.9 Å². The fourth-order valence-electron chi connectivity index (χ4n) is 8.99. The fraction of sp³-hybridized carbons (Fsp3) is 0.286. The summed E-state index contributed by atoms with van der Waals surface area (Å²) in [5.41, 5.74) is 4.34. The van der Waals surface area contributed by atoms with Gasteiger partial charge in [-0.15, -0.1) is 10.2 Å². The van der Waals surface area contributed by atoms with Crippen molar-refractivity contribution in [1.82, 2.24) is 61.7 Å². The van der Waals surface area contributed by atoms with E-state index >= 15 is 0 Å². The molecule has 2 aromatic heterocycles. The van der Waals surface area contributed by atoms with E-state index in [0.29, 0.717) is 37.6 Å². The van der Waals surface area contributed by atoms with Gasteiger partial charge in [-0.05, 0) is 116 Å². The van der Waals surface area contributed by atoms with Crippen LogP contribution in [0.25, 0.3) is 0 Å². The number of halogens is 6. The Morgan fingerprint density at radius 1 is 0.447 bits per heavy atom. The Morgan fingerprint density at radius 3 is 1.08 bits per heavy atom. The SMILES string of the molecule is O=C(NCc1ccccc1)[C@@H](Cc1ccccc1)n1nnnc1[C@H](NCc1cc(F)c(F)c(F)c1)C1CC1.O=C(NCc1ccccc1)[C@H](Cc1ccccc1)n1nnnc1[C@@H](NCc1cc(F)c(F)c(F)c1)C1CC1. The Hall–Kier alpha value is -8.10. The Bertz CT molecular complexity index is 2920. The average molecular weight is 1040 g/mol. The van der Waals surface area contributed by atoms with Crippen molar-refractivity contribution in [2.75, 3.05) is 0 Å². The Balaban J connectivity index is 0.000000186. The molecule has 76 heavy (non-hydrogen) atoms. The molecule has 2 saturated carbocycles. The highest BCUT2D eigenvalue weighted by Gasteiger charge is 2.39. The first-order valence-electron chi connectivity index (χ1n) is 25.0. The molecule has 2 heterocycles. The van der Waals surface area contributed by atoms with Gasteiger partial charge in [0.15, 0.2) is 46.6 Å². The first-order chi connectivity index (χ1) is 37.0. The number of hydrogen-bond acceptors (Lipinski definition) is 10. The minimum absolute atomic E-state index is 0.0751. The van der Waals surface area contributed by atoms with Crippen molar-refractivity contribution < 1.29 is 35.9 Å². The van der Waals surface area contributed by atoms with Crippen LogP contribution in [0.15, 0.2) is 146 Å². The number of nitrogens with zero attached hydrogens (tertiary/aromatic N) is 8. The van der Waals surface area contributed by atoms with Crippen LogP contribution < -0.4 is 21.3 Å². The van der Waals surface area contributed by atoms with Gasteiger partial charge < -0.3 is 21.3 Å². The zero-order valence-corrected chi connectivity index (χ0v) is 41.1. The number of carbonyl (C=O) groups is 2. The molecule has 4 atom stereocenters. The molecule has 8 aromatic rings. The summed E-state index contributed by atoms with van der Waals surface area (Å²) in [4.78, 5) is 27.0. The van der Waals surface area contributed by atoms with E-state index in [1.165, 1.54) is 9.36 Å². The van der Waals surface area contributed by atoms with Gasteiger partial charge in [0.2, 0.25) is 11.8 Å². The molecule has 0 bridgehead atoms. The van der Waals surface area contributed by atoms with Gasteiger partial charge in [0.25, 0.3) is 0 Å². The predicted molar refractivity (Wildman–Crippen MR) is 268 cm³/mol. The topological polar surface area (TPSA) is 169 Å². The first kappa shape index (κ1) is 52.8. The molecule has 392 valence electrons. The lowest BCUT2D eigenvalue weighted by Gasteiger charge is -2.23. The second kappa shape index (κ2) is 25.0. The number of hydrogen-bond donors (Lipinski definition) is 4. The molecule has 0 unspecified atom stereocenters. The lowest BCUT2D eigenvalue weighted by molar-refractivity contribution is -0.125. The second-order valence-electron chi connectivity index (χ2n) is 18.9. The van der Waals surface area contributed by atoms with E-state index < -0.39 is 47.0 Å². The van der Waals surface area contributed by atoms with Crippen LogP contribution in [0.5, 0.6) is 0 Å². The van der Waals surface area contributed by atoms with E-state index in [-0.39, 0.29) is 60.0 Å². The summed E-state index contributed by atoms with van der Waals surface area (Å²) in [6.45, 7) is 0.861. The number of carbonyl (C=O) groups excluding carboxylic acids is 2. The molecule has 0 spiro atoms. The molecule has 2 aliphatic rings. The highest BCUT2D eigenvalue weighted by Crippen LogP contribution is 2.42. The monoisotopic (exact) mass is 1040 g/mol. The quantitative estimate of drug-likeness (QED) is 0.0380. The summed E-state index contributed by atoms with van der Waals surface area (Å²) in [6.07, 6.45) is 4.40. The number of tetrazole rings is 2. The highest BCUT2D eigenvalue weighted by atomic mass is 19.2. The summed E-state index contributed by atoms with van der Waals surface area (Å²) in [6, 6.07) is 40.1. The first-order valence-corrected chi connectivity index (χ1v) is 25.0. The van der Waals surface area contributed by atoms with Crippen molar-refractivity contribution in [3.8, 4) is 0 Å². The van der Waals surface area contributed by atoms with Crippen molar-refractivity contribution >= 4 is 11.8 Å². The molecular formula is C56H54F6N12O2. The van der Waals surface area contributed by atoms with Gasteiger partial charge in [-0.3, -0.25) is 9.59 Å². The summed E-state index contributed by atoms with van der Waals surface area (Å²) in [5, 5.41) is 37.2. The minimum Gasteiger partial charge on any atom is -0.350 e. The zero-order valence-electron chi connectivity index (χ0n) is 41.1. The molecule has 4 N–H and O–H groups in total. The molecule has 20 heteroatoms. The Labute approximate surface area is 434 Å². The van der Waals surface area contributed by atoms with E-state index in [2.05, 4.69) is 52.3 Å². The molecule has 2 fully saturated rings. The summed E-state index contributed by atoms with van der Waals surface area (Å²) < 4.78 is 84.9. The minimum atomic E-state index is -1.50. The molecule has 14 nitrogen and oxygen atoms in total. The Kier molecular flexibility index (Phi) is 17.3. The van der Waals surface area contributed by atoms with Gasteiger partial charge in [0.05, 0.1) is 12.1 Å². The average Bonchev–Trinajstić information content (AvgIpc) is 4.38. The van der Waals surface area contributed by atoms with Crippen LogP contribution in [-0.2, 0) is 48.6 Å². The largest absolute Gasteiger partial charge is 0.350 e. The maximum atomic E-state index is 13.7. The molecule has 6 aromatic carbocycles. The summed E-state index contributed by atoms with van der Waals surface area (Å²) in [5.74, 6) is -7.12. The van der Waals surface area contributed by atoms with Crippen molar-refractivity contribution in [3.05, 3.63) is 226 Å². The summed E-state index contributed by atoms with van der Waals surface area (Å²) >= 11 is 0. The van der Waals surface area contributed by atoms with Gasteiger partial charge in [0.1, 0.15) is 12.1 Å².